The minimum Gasteiger partial charge on any atom is -0.381 e. The molecular formula is C15H21N5O2. The van der Waals surface area contributed by atoms with Gasteiger partial charge in [-0.2, -0.15) is 10.2 Å². The van der Waals surface area contributed by atoms with Gasteiger partial charge in [-0.05, 0) is 18.4 Å². The van der Waals surface area contributed by atoms with E-state index in [4.69, 9.17) is 4.74 Å². The van der Waals surface area contributed by atoms with Crippen molar-refractivity contribution in [2.45, 2.75) is 25.8 Å². The summed E-state index contributed by atoms with van der Waals surface area (Å²) >= 11 is 0. The van der Waals surface area contributed by atoms with Crippen LogP contribution in [0.3, 0.4) is 0 Å². The van der Waals surface area contributed by atoms with Crippen LogP contribution in [-0.4, -0.2) is 45.6 Å². The lowest BCUT2D eigenvalue weighted by Crippen LogP contribution is -2.30. The average Bonchev–Trinajstić information content (AvgIpc) is 3.23. The fourth-order valence-corrected chi connectivity index (χ4v) is 2.70. The van der Waals surface area contributed by atoms with Crippen molar-refractivity contribution in [1.29, 1.82) is 0 Å². The number of hydrogen-bond donors (Lipinski definition) is 2. The van der Waals surface area contributed by atoms with Crippen molar-refractivity contribution >= 4 is 5.91 Å². The van der Waals surface area contributed by atoms with E-state index >= 15 is 0 Å². The van der Waals surface area contributed by atoms with Gasteiger partial charge in [-0.15, -0.1) is 0 Å². The maximum absolute atomic E-state index is 12.4. The number of amides is 1. The zero-order valence-corrected chi connectivity index (χ0v) is 12.7. The molecule has 0 aromatic carbocycles. The average molecular weight is 303 g/mol. The Labute approximate surface area is 129 Å². The minimum absolute atomic E-state index is 0.0806. The Balaban J connectivity index is 1.54. The third kappa shape index (κ3) is 3.36. The second-order valence-electron chi connectivity index (χ2n) is 5.80. The van der Waals surface area contributed by atoms with Crippen LogP contribution in [0.2, 0.25) is 0 Å². The van der Waals surface area contributed by atoms with E-state index in [-0.39, 0.29) is 11.8 Å². The third-order valence-corrected chi connectivity index (χ3v) is 3.92. The summed E-state index contributed by atoms with van der Waals surface area (Å²) in [6.45, 7) is 4.86. The molecule has 3 heterocycles. The summed E-state index contributed by atoms with van der Waals surface area (Å²) in [5, 5.41) is 14.1. The molecule has 7 heteroatoms. The van der Waals surface area contributed by atoms with E-state index in [0.29, 0.717) is 24.6 Å². The quantitative estimate of drug-likeness (QED) is 0.839. The number of aromatic amines is 1. The number of nitrogens with zero attached hydrogens (tertiary/aromatic N) is 3. The van der Waals surface area contributed by atoms with Crippen molar-refractivity contribution in [1.82, 2.24) is 25.3 Å². The fraction of sp³-hybridized carbons (Fsp3) is 0.533. The molecule has 2 atom stereocenters. The van der Waals surface area contributed by atoms with Crippen molar-refractivity contribution in [2.24, 2.45) is 5.92 Å². The molecule has 0 spiro atoms. The predicted octanol–water partition coefficient (Wildman–Crippen LogP) is 1.18. The van der Waals surface area contributed by atoms with Crippen LogP contribution in [0.1, 0.15) is 35.3 Å². The highest BCUT2D eigenvalue weighted by Gasteiger charge is 2.25. The first kappa shape index (κ1) is 14.8. The number of nitrogens with one attached hydrogen (secondary N) is 2. The molecule has 22 heavy (non-hydrogen) atoms. The van der Waals surface area contributed by atoms with Crippen molar-refractivity contribution in [3.05, 3.63) is 35.9 Å². The molecule has 3 rings (SSSR count). The Morgan fingerprint density at radius 2 is 2.55 bits per heavy atom. The van der Waals surface area contributed by atoms with Gasteiger partial charge in [0.05, 0.1) is 24.1 Å². The van der Waals surface area contributed by atoms with Gasteiger partial charge in [-0.25, -0.2) is 0 Å². The number of aromatic nitrogens is 4. The summed E-state index contributed by atoms with van der Waals surface area (Å²) in [5.41, 5.74) is 1.51. The van der Waals surface area contributed by atoms with Gasteiger partial charge in [0.2, 0.25) is 0 Å². The molecule has 1 aliphatic heterocycles. The van der Waals surface area contributed by atoms with Crippen LogP contribution < -0.4 is 5.32 Å². The van der Waals surface area contributed by atoms with Gasteiger partial charge in [0, 0.05) is 38.0 Å². The fourth-order valence-electron chi connectivity index (χ4n) is 2.70. The Morgan fingerprint density at radius 1 is 1.64 bits per heavy atom. The Kier molecular flexibility index (Phi) is 4.53. The minimum atomic E-state index is -0.0806. The predicted molar refractivity (Wildman–Crippen MR) is 80.5 cm³/mol. The molecule has 2 aromatic heterocycles. The molecule has 118 valence electrons. The molecule has 0 saturated carbocycles. The van der Waals surface area contributed by atoms with Gasteiger partial charge < -0.3 is 10.1 Å². The number of carbonyl (C=O) groups is 1. The lowest BCUT2D eigenvalue weighted by molar-refractivity contribution is 0.0945. The van der Waals surface area contributed by atoms with Crippen LogP contribution >= 0.6 is 0 Å². The van der Waals surface area contributed by atoms with Crippen LogP contribution in [0, 0.1) is 5.92 Å². The summed E-state index contributed by atoms with van der Waals surface area (Å²) in [4.78, 5) is 12.4. The van der Waals surface area contributed by atoms with Crippen LogP contribution in [-0.2, 0) is 11.3 Å². The van der Waals surface area contributed by atoms with Crippen molar-refractivity contribution < 1.29 is 9.53 Å². The Bertz CT molecular complexity index is 601. The second kappa shape index (κ2) is 6.74. The number of rotatable bonds is 6. The molecule has 0 aliphatic carbocycles. The number of ether oxygens (including phenoxy) is 1. The molecule has 2 aromatic rings. The third-order valence-electron chi connectivity index (χ3n) is 3.92. The molecule has 2 N–H and O–H groups in total. The van der Waals surface area contributed by atoms with Crippen LogP contribution in [0.25, 0.3) is 0 Å². The van der Waals surface area contributed by atoms with Gasteiger partial charge in [0.1, 0.15) is 0 Å². The van der Waals surface area contributed by atoms with Gasteiger partial charge in [-0.1, -0.05) is 6.92 Å². The molecule has 1 aliphatic rings. The maximum atomic E-state index is 12.4. The lowest BCUT2D eigenvalue weighted by atomic mass is 10.0. The topological polar surface area (TPSA) is 84.8 Å². The molecule has 1 saturated heterocycles. The first-order chi connectivity index (χ1) is 10.7. The number of hydrogen-bond acceptors (Lipinski definition) is 4. The monoisotopic (exact) mass is 303 g/mol. The summed E-state index contributed by atoms with van der Waals surface area (Å²) in [6, 6.07) is 1.90. The molecular weight excluding hydrogens is 282 g/mol. The number of carbonyl (C=O) groups excluding carboxylic acids is 1. The van der Waals surface area contributed by atoms with Gasteiger partial charge in [0.25, 0.3) is 5.91 Å². The molecule has 0 unspecified atom stereocenters. The van der Waals surface area contributed by atoms with E-state index < -0.39 is 0 Å². The van der Waals surface area contributed by atoms with E-state index in [0.717, 1.165) is 25.3 Å². The normalized spacial score (nSPS) is 19.2. The van der Waals surface area contributed by atoms with Crippen molar-refractivity contribution in [2.75, 3.05) is 19.8 Å². The maximum Gasteiger partial charge on any atom is 0.254 e. The summed E-state index contributed by atoms with van der Waals surface area (Å²) in [7, 11) is 0. The van der Waals surface area contributed by atoms with Gasteiger partial charge in [-0.3, -0.25) is 14.6 Å². The Morgan fingerprint density at radius 3 is 3.27 bits per heavy atom. The Hall–Kier alpha value is -2.15. The summed E-state index contributed by atoms with van der Waals surface area (Å²) in [6.07, 6.45) is 6.21. The van der Waals surface area contributed by atoms with Crippen LogP contribution in [0.15, 0.2) is 24.7 Å². The molecule has 0 bridgehead atoms. The second-order valence-corrected chi connectivity index (χ2v) is 5.80. The smallest absolute Gasteiger partial charge is 0.254 e. The first-order valence-corrected chi connectivity index (χ1v) is 7.60. The summed E-state index contributed by atoms with van der Waals surface area (Å²) in [5.74, 6) is 0.460. The first-order valence-electron chi connectivity index (χ1n) is 7.60. The van der Waals surface area contributed by atoms with Crippen LogP contribution in [0.5, 0.6) is 0 Å². The largest absolute Gasteiger partial charge is 0.381 e. The van der Waals surface area contributed by atoms with Crippen molar-refractivity contribution in [3.63, 3.8) is 0 Å². The highest BCUT2D eigenvalue weighted by atomic mass is 16.5. The van der Waals surface area contributed by atoms with E-state index in [2.05, 4.69) is 27.5 Å². The van der Waals surface area contributed by atoms with E-state index in [1.54, 1.807) is 12.4 Å². The SMILES string of the molecule is C[C@H](CNC(=O)c1cn[nH]c1[C@H]1CCOC1)Cn1cccn1. The van der Waals surface area contributed by atoms with E-state index in [1.807, 2.05) is 16.9 Å². The van der Waals surface area contributed by atoms with E-state index in [9.17, 15) is 4.79 Å². The standard InChI is InChI=1S/C15H21N5O2/c1-11(9-20-5-2-4-18-20)7-16-15(21)13-8-17-19-14(13)12-3-6-22-10-12/h2,4-5,8,11-12H,3,6-7,9-10H2,1H3,(H,16,21)(H,17,19)/t11-,12+/m1/s1. The van der Waals surface area contributed by atoms with Crippen molar-refractivity contribution in [3.8, 4) is 0 Å². The van der Waals surface area contributed by atoms with Crippen LogP contribution in [0.4, 0.5) is 0 Å². The van der Waals surface area contributed by atoms with Gasteiger partial charge in [0.15, 0.2) is 0 Å². The molecule has 1 fully saturated rings. The lowest BCUT2D eigenvalue weighted by Gasteiger charge is -2.13. The molecule has 0 radical (unpaired) electrons. The molecule has 7 nitrogen and oxygen atoms in total. The van der Waals surface area contributed by atoms with Gasteiger partial charge >= 0.3 is 0 Å². The molecule has 1 amide bonds. The zero-order chi connectivity index (χ0) is 15.4. The summed E-state index contributed by atoms with van der Waals surface area (Å²) < 4.78 is 7.25. The highest BCUT2D eigenvalue weighted by molar-refractivity contribution is 5.95. The van der Waals surface area contributed by atoms with E-state index in [1.165, 1.54) is 0 Å². The number of H-pyrrole nitrogens is 1. The zero-order valence-electron chi connectivity index (χ0n) is 12.7. The highest BCUT2D eigenvalue weighted by Crippen LogP contribution is 2.25.